The summed E-state index contributed by atoms with van der Waals surface area (Å²) in [6.07, 6.45) is 3.57. The van der Waals surface area contributed by atoms with Crippen LogP contribution >= 0.6 is 23.4 Å². The van der Waals surface area contributed by atoms with E-state index < -0.39 is 0 Å². The molecule has 1 aromatic heterocycles. The standard InChI is InChI=1S/C21H15ClN2O3S/c22-15-5-3-14(4-6-15)13-24-20(26)19(28-21(24)27)12-17-2-1-11-23(17)16-7-9-18(25)10-8-16/h1-12,25H,13H2/b19-12-. The molecule has 1 fully saturated rings. The number of phenolic OH excluding ortho intramolecular Hbond substituents is 1. The highest BCUT2D eigenvalue weighted by Gasteiger charge is 2.35. The fourth-order valence-corrected chi connectivity index (χ4v) is 3.85. The number of rotatable bonds is 4. The summed E-state index contributed by atoms with van der Waals surface area (Å²) in [6, 6.07) is 17.5. The Kier molecular flexibility index (Phi) is 4.98. The van der Waals surface area contributed by atoms with Crippen LogP contribution in [0.25, 0.3) is 11.8 Å². The van der Waals surface area contributed by atoms with Gasteiger partial charge >= 0.3 is 0 Å². The van der Waals surface area contributed by atoms with E-state index in [0.29, 0.717) is 9.93 Å². The Bertz CT molecular complexity index is 1070. The maximum Gasteiger partial charge on any atom is 0.293 e. The van der Waals surface area contributed by atoms with Crippen LogP contribution in [0.5, 0.6) is 5.75 Å². The van der Waals surface area contributed by atoms with E-state index in [1.807, 2.05) is 22.9 Å². The van der Waals surface area contributed by atoms with Gasteiger partial charge in [-0.1, -0.05) is 23.7 Å². The first kappa shape index (κ1) is 18.4. The van der Waals surface area contributed by atoms with E-state index in [9.17, 15) is 14.7 Å². The summed E-state index contributed by atoms with van der Waals surface area (Å²) in [4.78, 5) is 26.7. The van der Waals surface area contributed by atoms with Crippen LogP contribution in [0.4, 0.5) is 4.79 Å². The van der Waals surface area contributed by atoms with Crippen molar-refractivity contribution in [2.24, 2.45) is 0 Å². The van der Waals surface area contributed by atoms with Gasteiger partial charge in [-0.3, -0.25) is 14.5 Å². The first-order valence-corrected chi connectivity index (χ1v) is 9.67. The largest absolute Gasteiger partial charge is 0.508 e. The molecule has 2 aromatic carbocycles. The van der Waals surface area contributed by atoms with Crippen LogP contribution in [0, 0.1) is 0 Å². The fraction of sp³-hybridized carbons (Fsp3) is 0.0476. The molecule has 5 nitrogen and oxygen atoms in total. The zero-order chi connectivity index (χ0) is 19.7. The molecule has 4 rings (SSSR count). The number of amides is 2. The van der Waals surface area contributed by atoms with Gasteiger partial charge in [0.1, 0.15) is 5.75 Å². The molecule has 0 saturated carbocycles. The van der Waals surface area contributed by atoms with Crippen LogP contribution in [-0.4, -0.2) is 25.7 Å². The molecule has 2 amide bonds. The third-order valence-corrected chi connectivity index (χ3v) is 5.47. The maximum absolute atomic E-state index is 12.8. The lowest BCUT2D eigenvalue weighted by Gasteiger charge is -2.12. The van der Waals surface area contributed by atoms with Crippen molar-refractivity contribution in [3.8, 4) is 11.4 Å². The zero-order valence-corrected chi connectivity index (χ0v) is 16.2. The molecule has 1 aliphatic rings. The summed E-state index contributed by atoms with van der Waals surface area (Å²) in [5.74, 6) is -0.135. The number of aromatic hydroxyl groups is 1. The van der Waals surface area contributed by atoms with Crippen molar-refractivity contribution in [3.05, 3.63) is 88.0 Å². The second-order valence-electron chi connectivity index (χ2n) is 6.21. The van der Waals surface area contributed by atoms with E-state index >= 15 is 0 Å². The molecule has 7 heteroatoms. The van der Waals surface area contributed by atoms with Gasteiger partial charge in [0, 0.05) is 22.6 Å². The number of aromatic nitrogens is 1. The monoisotopic (exact) mass is 410 g/mol. The molecule has 0 spiro atoms. The second kappa shape index (κ2) is 7.58. The first-order valence-electron chi connectivity index (χ1n) is 8.48. The van der Waals surface area contributed by atoms with Gasteiger partial charge in [0.15, 0.2) is 0 Å². The number of hydrogen-bond donors (Lipinski definition) is 1. The summed E-state index contributed by atoms with van der Waals surface area (Å²) in [5.41, 5.74) is 2.44. The maximum atomic E-state index is 12.8. The molecule has 1 saturated heterocycles. The summed E-state index contributed by atoms with van der Waals surface area (Å²) in [7, 11) is 0. The molecule has 0 unspecified atom stereocenters. The number of halogens is 1. The smallest absolute Gasteiger partial charge is 0.293 e. The van der Waals surface area contributed by atoms with Crippen LogP contribution in [0.2, 0.25) is 5.02 Å². The molecule has 0 aliphatic carbocycles. The van der Waals surface area contributed by atoms with Gasteiger partial charge in [0.2, 0.25) is 0 Å². The average Bonchev–Trinajstić information content (AvgIpc) is 3.24. The van der Waals surface area contributed by atoms with Crippen LogP contribution in [0.15, 0.2) is 71.8 Å². The molecule has 140 valence electrons. The molecule has 0 bridgehead atoms. The van der Waals surface area contributed by atoms with Gasteiger partial charge in [-0.2, -0.15) is 0 Å². The molecular weight excluding hydrogens is 396 g/mol. The van der Waals surface area contributed by atoms with Crippen molar-refractivity contribution < 1.29 is 14.7 Å². The molecule has 0 radical (unpaired) electrons. The van der Waals surface area contributed by atoms with Crippen molar-refractivity contribution in [1.82, 2.24) is 9.47 Å². The Labute approximate surface area is 170 Å². The number of carbonyl (C=O) groups excluding carboxylic acids is 2. The highest BCUT2D eigenvalue weighted by atomic mass is 35.5. The molecule has 3 aromatic rings. The second-order valence-corrected chi connectivity index (χ2v) is 7.64. The Balaban J connectivity index is 1.59. The van der Waals surface area contributed by atoms with E-state index in [-0.39, 0.29) is 23.4 Å². The third-order valence-electron chi connectivity index (χ3n) is 4.31. The summed E-state index contributed by atoms with van der Waals surface area (Å²) in [6.45, 7) is 0.206. The lowest BCUT2D eigenvalue weighted by Crippen LogP contribution is -2.27. The van der Waals surface area contributed by atoms with Gasteiger partial charge in [-0.25, -0.2) is 0 Å². The minimum absolute atomic E-state index is 0.181. The minimum atomic E-state index is -0.316. The lowest BCUT2D eigenvalue weighted by molar-refractivity contribution is -0.123. The number of hydrogen-bond acceptors (Lipinski definition) is 4. The Morgan fingerprint density at radius 2 is 1.71 bits per heavy atom. The van der Waals surface area contributed by atoms with Gasteiger partial charge in [0.05, 0.1) is 11.4 Å². The SMILES string of the molecule is O=C1S/C(=C\c2cccn2-c2ccc(O)cc2)C(=O)N1Cc1ccc(Cl)cc1. The highest BCUT2D eigenvalue weighted by molar-refractivity contribution is 8.18. The van der Waals surface area contributed by atoms with E-state index in [4.69, 9.17) is 11.6 Å². The summed E-state index contributed by atoms with van der Waals surface area (Å²) < 4.78 is 1.88. The van der Waals surface area contributed by atoms with Crippen LogP contribution in [0.3, 0.4) is 0 Å². The molecule has 1 aliphatic heterocycles. The number of imide groups is 1. The van der Waals surface area contributed by atoms with Gasteiger partial charge in [-0.15, -0.1) is 0 Å². The Morgan fingerprint density at radius 3 is 2.43 bits per heavy atom. The van der Waals surface area contributed by atoms with Crippen LogP contribution in [-0.2, 0) is 11.3 Å². The molecular formula is C21H15ClN2O3S. The van der Waals surface area contributed by atoms with Crippen molar-refractivity contribution in [2.45, 2.75) is 6.54 Å². The average molecular weight is 411 g/mol. The van der Waals surface area contributed by atoms with E-state index in [0.717, 1.165) is 28.7 Å². The number of phenols is 1. The van der Waals surface area contributed by atoms with E-state index in [1.54, 1.807) is 54.6 Å². The van der Waals surface area contributed by atoms with E-state index in [1.165, 1.54) is 4.90 Å². The lowest BCUT2D eigenvalue weighted by atomic mass is 10.2. The van der Waals surface area contributed by atoms with Gasteiger partial charge in [-0.05, 0) is 71.9 Å². The highest BCUT2D eigenvalue weighted by Crippen LogP contribution is 2.34. The van der Waals surface area contributed by atoms with Crippen molar-refractivity contribution in [3.63, 3.8) is 0 Å². The molecule has 2 heterocycles. The number of carbonyl (C=O) groups is 2. The summed E-state index contributed by atoms with van der Waals surface area (Å²) >= 11 is 6.81. The van der Waals surface area contributed by atoms with Gasteiger partial charge in [0.25, 0.3) is 11.1 Å². The first-order chi connectivity index (χ1) is 13.5. The topological polar surface area (TPSA) is 62.5 Å². The minimum Gasteiger partial charge on any atom is -0.508 e. The van der Waals surface area contributed by atoms with Crippen molar-refractivity contribution >= 4 is 40.6 Å². The third kappa shape index (κ3) is 3.69. The quantitative estimate of drug-likeness (QED) is 0.610. The number of thioether (sulfide) groups is 1. The van der Waals surface area contributed by atoms with Crippen LogP contribution < -0.4 is 0 Å². The Morgan fingerprint density at radius 1 is 1.00 bits per heavy atom. The zero-order valence-electron chi connectivity index (χ0n) is 14.6. The van der Waals surface area contributed by atoms with E-state index in [2.05, 4.69) is 0 Å². The van der Waals surface area contributed by atoms with Crippen molar-refractivity contribution in [2.75, 3.05) is 0 Å². The Hall–Kier alpha value is -2.96. The van der Waals surface area contributed by atoms with Crippen molar-refractivity contribution in [1.29, 1.82) is 0 Å². The predicted octanol–water partition coefficient (Wildman–Crippen LogP) is 5.07. The fourth-order valence-electron chi connectivity index (χ4n) is 2.90. The molecule has 0 atom stereocenters. The normalized spacial score (nSPS) is 15.6. The number of nitrogens with zero attached hydrogens (tertiary/aromatic N) is 2. The summed E-state index contributed by atoms with van der Waals surface area (Å²) in [5, 5.41) is 9.77. The van der Waals surface area contributed by atoms with Gasteiger partial charge < -0.3 is 9.67 Å². The molecule has 1 N–H and O–H groups in total. The predicted molar refractivity (Wildman–Crippen MR) is 110 cm³/mol. The number of benzene rings is 2. The molecule has 28 heavy (non-hydrogen) atoms. The van der Waals surface area contributed by atoms with Crippen LogP contribution in [0.1, 0.15) is 11.3 Å².